The van der Waals surface area contributed by atoms with Gasteiger partial charge in [-0.25, -0.2) is 29.1 Å². The SMILES string of the molecule is Nc1nc2c(ncn2[C@@H]2S[C@@H]3CO[P@](=O)(S)O[C@H]4[C@@H](O)[C@H](n5cnc6c(N)ncnc65)[C@H]5C[C@]54COP(=O)(O)O[C@@H]2[C@@H]3O)c(=O)[nH]1. The summed E-state index contributed by atoms with van der Waals surface area (Å²) in [4.78, 5) is 46.3. The van der Waals surface area contributed by atoms with Crippen LogP contribution in [0.1, 0.15) is 17.8 Å². The minimum atomic E-state index is -4.94. The Hall–Kier alpha value is -2.62. The molecule has 20 nitrogen and oxygen atoms in total. The van der Waals surface area contributed by atoms with Crippen LogP contribution in [0.3, 0.4) is 0 Å². The highest BCUT2D eigenvalue weighted by atomic mass is 32.7. The zero-order chi connectivity index (χ0) is 32.3. The third-order valence-electron chi connectivity index (χ3n) is 8.96. The van der Waals surface area contributed by atoms with E-state index in [-0.39, 0.29) is 22.9 Å². The van der Waals surface area contributed by atoms with Crippen molar-refractivity contribution in [1.29, 1.82) is 0 Å². The molecule has 8 rings (SSSR count). The second-order valence-electron chi connectivity index (χ2n) is 11.5. The Morgan fingerprint density at radius 3 is 2.61 bits per heavy atom. The second kappa shape index (κ2) is 10.4. The highest BCUT2D eigenvalue weighted by Crippen LogP contribution is 2.73. The molecule has 2 saturated heterocycles. The van der Waals surface area contributed by atoms with E-state index in [0.29, 0.717) is 17.6 Å². The summed E-state index contributed by atoms with van der Waals surface area (Å²) in [5.41, 5.74) is 10.6. The van der Waals surface area contributed by atoms with Gasteiger partial charge >= 0.3 is 14.6 Å². The van der Waals surface area contributed by atoms with Crippen LogP contribution < -0.4 is 17.0 Å². The number of thiol groups is 1. The molecule has 2 bridgehead atoms. The topological polar surface area (TPSA) is 291 Å². The highest BCUT2D eigenvalue weighted by molar-refractivity contribution is 8.44. The summed E-state index contributed by atoms with van der Waals surface area (Å²) in [7, 11) is -4.94. The van der Waals surface area contributed by atoms with E-state index >= 15 is 0 Å². The first kappa shape index (κ1) is 30.7. The zero-order valence-corrected chi connectivity index (χ0v) is 26.7. The van der Waals surface area contributed by atoms with Crippen LogP contribution >= 0.6 is 38.6 Å². The average molecular weight is 717 g/mol. The number of imidazole rings is 2. The fourth-order valence-corrected chi connectivity index (χ4v) is 11.0. The number of nitrogens with one attached hydrogen (secondary N) is 1. The Morgan fingerprint density at radius 1 is 1.04 bits per heavy atom. The molecule has 11 atom stereocenters. The Morgan fingerprint density at radius 2 is 1.80 bits per heavy atom. The highest BCUT2D eigenvalue weighted by Gasteiger charge is 2.74. The van der Waals surface area contributed by atoms with E-state index in [1.165, 1.54) is 23.5 Å². The summed E-state index contributed by atoms with van der Waals surface area (Å²) in [5.74, 6) is -0.480. The number of aromatic nitrogens is 8. The molecule has 2 aliphatic heterocycles. The normalized spacial score (nSPS) is 41.0. The lowest BCUT2D eigenvalue weighted by Crippen LogP contribution is -2.37. The summed E-state index contributed by atoms with van der Waals surface area (Å²) in [5, 5.41) is 20.9. The molecule has 4 aromatic rings. The number of anilines is 2. The van der Waals surface area contributed by atoms with Gasteiger partial charge in [-0.15, -0.1) is 11.8 Å². The van der Waals surface area contributed by atoms with Gasteiger partial charge in [0.05, 0.1) is 43.3 Å². The number of H-pyrrole nitrogens is 1. The molecule has 4 aromatic heterocycles. The molecule has 0 radical (unpaired) electrons. The molecular formula is C22H26N10O10P2S2. The van der Waals surface area contributed by atoms with Crippen molar-refractivity contribution in [3.8, 4) is 0 Å². The molecule has 0 aromatic carbocycles. The molecule has 8 N–H and O–H groups in total. The second-order valence-corrected chi connectivity index (χ2v) is 17.2. The smallest absolute Gasteiger partial charge is 0.389 e. The summed E-state index contributed by atoms with van der Waals surface area (Å²) in [6, 6.07) is -0.733. The number of aromatic amines is 1. The zero-order valence-electron chi connectivity index (χ0n) is 23.2. The molecule has 2 aliphatic carbocycles. The van der Waals surface area contributed by atoms with E-state index in [0.717, 1.165) is 11.8 Å². The van der Waals surface area contributed by atoms with Gasteiger partial charge in [0.25, 0.3) is 5.56 Å². The van der Waals surface area contributed by atoms with Crippen LogP contribution in [0.2, 0.25) is 0 Å². The number of rotatable bonds is 2. The van der Waals surface area contributed by atoms with Crippen molar-refractivity contribution in [2.75, 3.05) is 24.7 Å². The number of hydrogen-bond donors (Lipinski definition) is 7. The van der Waals surface area contributed by atoms with Gasteiger partial charge in [-0.05, 0) is 12.3 Å². The lowest BCUT2D eigenvalue weighted by atomic mass is 10.0. The van der Waals surface area contributed by atoms with E-state index in [9.17, 15) is 29.0 Å². The summed E-state index contributed by atoms with van der Waals surface area (Å²) < 4.78 is 52.7. The van der Waals surface area contributed by atoms with Crippen molar-refractivity contribution >= 4 is 72.7 Å². The fraction of sp³-hybridized carbons (Fsp3) is 0.545. The van der Waals surface area contributed by atoms with Gasteiger partial charge in [-0.2, -0.15) is 4.98 Å². The first-order valence-corrected chi connectivity index (χ1v) is 18.9. The molecule has 2 saturated carbocycles. The quantitative estimate of drug-likeness (QED) is 0.106. The molecule has 46 heavy (non-hydrogen) atoms. The molecule has 0 amide bonds. The first-order valence-electron chi connectivity index (χ1n) is 13.8. The van der Waals surface area contributed by atoms with Crippen molar-refractivity contribution in [2.24, 2.45) is 11.3 Å². The number of aliphatic hydroxyl groups excluding tert-OH is 2. The Balaban J connectivity index is 1.14. The third-order valence-corrected chi connectivity index (χ3v) is 13.1. The summed E-state index contributed by atoms with van der Waals surface area (Å²) >= 11 is 5.19. The van der Waals surface area contributed by atoms with Gasteiger partial charge in [-0.3, -0.25) is 32.4 Å². The van der Waals surface area contributed by atoms with E-state index in [1.807, 2.05) is 0 Å². The molecule has 246 valence electrons. The molecule has 6 heterocycles. The molecule has 4 fully saturated rings. The maximum atomic E-state index is 13.6. The minimum Gasteiger partial charge on any atom is -0.389 e. The number of fused-ring (bicyclic) bond motifs is 4. The van der Waals surface area contributed by atoms with Crippen LogP contribution in [-0.4, -0.2) is 97.0 Å². The Labute approximate surface area is 266 Å². The molecule has 1 spiro atoms. The molecule has 24 heteroatoms. The predicted octanol–water partition coefficient (Wildman–Crippen LogP) is -0.0238. The van der Waals surface area contributed by atoms with Gasteiger partial charge in [0, 0.05) is 5.41 Å². The Bertz CT molecular complexity index is 2050. The van der Waals surface area contributed by atoms with Crippen LogP contribution in [0.5, 0.6) is 0 Å². The largest absolute Gasteiger partial charge is 0.472 e. The van der Waals surface area contributed by atoms with E-state index in [1.54, 1.807) is 4.57 Å². The number of phosphoric acid groups is 1. The van der Waals surface area contributed by atoms with Gasteiger partial charge in [-0.1, -0.05) is 12.2 Å². The monoisotopic (exact) mass is 716 g/mol. The van der Waals surface area contributed by atoms with Crippen LogP contribution in [0.25, 0.3) is 22.3 Å². The van der Waals surface area contributed by atoms with E-state index in [2.05, 4.69) is 42.2 Å². The van der Waals surface area contributed by atoms with Crippen molar-refractivity contribution in [3.63, 3.8) is 0 Å². The van der Waals surface area contributed by atoms with Crippen molar-refractivity contribution in [1.82, 2.24) is 39.0 Å². The summed E-state index contributed by atoms with van der Waals surface area (Å²) in [6.07, 6.45) is -1.18. The predicted molar refractivity (Wildman–Crippen MR) is 162 cm³/mol. The van der Waals surface area contributed by atoms with Crippen molar-refractivity contribution in [3.05, 3.63) is 29.3 Å². The number of nitrogens with zero attached hydrogens (tertiary/aromatic N) is 7. The van der Waals surface area contributed by atoms with E-state index in [4.69, 9.17) is 29.6 Å². The Kier molecular flexibility index (Phi) is 6.97. The number of phosphoric ester groups is 1. The molecule has 4 aliphatic rings. The number of thioether (sulfide) groups is 1. The van der Waals surface area contributed by atoms with Crippen LogP contribution in [-0.2, 0) is 27.2 Å². The lowest BCUT2D eigenvalue weighted by molar-refractivity contribution is -0.0224. The maximum absolute atomic E-state index is 13.6. The first-order chi connectivity index (χ1) is 21.8. The number of nitrogen functional groups attached to an aromatic ring is 2. The lowest BCUT2D eigenvalue weighted by Gasteiger charge is -2.30. The van der Waals surface area contributed by atoms with Gasteiger partial charge < -0.3 is 31.1 Å². The minimum absolute atomic E-state index is 0.0340. The maximum Gasteiger partial charge on any atom is 0.472 e. The van der Waals surface area contributed by atoms with Crippen LogP contribution in [0.15, 0.2) is 23.8 Å². The standard InChI is InChI=1S/C22H26N10O10P2S2/c23-16-9-17(26-4-25-16)31(5-27-9)11-7-1-22(7)3-40-43(36,37)41-14-12(33)8(2-39-44(38,45)42-15(22)13(11)34)46-20(14)32-6-28-10-18(32)29-21(24)30-19(10)35/h4-8,11-15,20,33-34H,1-3H2,(H,36,37)(H,38,45)(H2,23,25,26)(H3,24,29,30,35)/t7-,8-,11-,12-,13+,14-,15+,20-,22+,44+/m1/s1. The molecular weight excluding hydrogens is 690 g/mol. The van der Waals surface area contributed by atoms with Gasteiger partial charge in [0.2, 0.25) is 5.95 Å². The average Bonchev–Trinajstić information content (AvgIpc) is 3.26. The number of aliphatic hydroxyl groups is 2. The molecule has 1 unspecified atom stereocenters. The van der Waals surface area contributed by atoms with Crippen LogP contribution in [0, 0.1) is 11.3 Å². The third kappa shape index (κ3) is 4.73. The van der Waals surface area contributed by atoms with Gasteiger partial charge in [0.1, 0.15) is 35.5 Å². The van der Waals surface area contributed by atoms with E-state index < -0.39 is 85.8 Å². The number of nitrogens with two attached hydrogens (primary N) is 2. The van der Waals surface area contributed by atoms with Crippen LogP contribution in [0.4, 0.5) is 11.8 Å². The van der Waals surface area contributed by atoms with Crippen molar-refractivity contribution in [2.45, 2.75) is 47.5 Å². The summed E-state index contributed by atoms with van der Waals surface area (Å²) in [6.45, 7) is -5.11. The fourth-order valence-electron chi connectivity index (χ4n) is 6.81. The number of hydrogen-bond acceptors (Lipinski definition) is 17. The van der Waals surface area contributed by atoms with Crippen molar-refractivity contribution < 1.29 is 42.3 Å². The van der Waals surface area contributed by atoms with Gasteiger partial charge in [0.15, 0.2) is 22.6 Å².